The summed E-state index contributed by atoms with van der Waals surface area (Å²) in [6.45, 7) is 1.87. The van der Waals surface area contributed by atoms with Crippen LogP contribution >= 0.6 is 11.6 Å². The van der Waals surface area contributed by atoms with Crippen molar-refractivity contribution < 1.29 is 9.90 Å². The molecule has 1 N–H and O–H groups in total. The summed E-state index contributed by atoms with van der Waals surface area (Å²) in [6, 6.07) is 0. The molecule has 0 radical (unpaired) electrons. The van der Waals surface area contributed by atoms with Crippen molar-refractivity contribution in [2.24, 2.45) is 5.92 Å². The lowest BCUT2D eigenvalue weighted by Gasteiger charge is -2.12. The van der Waals surface area contributed by atoms with Crippen molar-refractivity contribution in [2.75, 3.05) is 0 Å². The van der Waals surface area contributed by atoms with E-state index < -0.39 is 11.9 Å². The topological polar surface area (TPSA) is 37.3 Å². The fraction of sp³-hybridized carbons (Fsp3) is 0.375. The fourth-order valence-corrected chi connectivity index (χ4v) is 1.18. The average molecular weight is 173 g/mol. The predicted octanol–water partition coefficient (Wildman–Crippen LogP) is 2.16. The second-order valence-electron chi connectivity index (χ2n) is 2.58. The minimum absolute atomic E-state index is 0.439. The minimum atomic E-state index is -0.813. The molecule has 0 aromatic heterocycles. The summed E-state index contributed by atoms with van der Waals surface area (Å²) in [5, 5.41) is 9.17. The van der Waals surface area contributed by atoms with Crippen LogP contribution in [0.1, 0.15) is 13.3 Å². The van der Waals surface area contributed by atoms with Crippen LogP contribution in [0.25, 0.3) is 0 Å². The van der Waals surface area contributed by atoms with Crippen LogP contribution in [0.15, 0.2) is 22.8 Å². The molecule has 0 bridgehead atoms. The van der Waals surface area contributed by atoms with Crippen molar-refractivity contribution in [3.8, 4) is 0 Å². The third kappa shape index (κ3) is 1.84. The average Bonchev–Trinajstić information content (AvgIpc) is 1.94. The van der Waals surface area contributed by atoms with Gasteiger partial charge >= 0.3 is 5.97 Å². The molecule has 0 aliphatic heterocycles. The molecule has 3 heteroatoms. The Labute approximate surface area is 70.2 Å². The molecule has 0 spiro atoms. The summed E-state index contributed by atoms with van der Waals surface area (Å²) < 4.78 is 0. The van der Waals surface area contributed by atoms with Gasteiger partial charge in [0.15, 0.2) is 0 Å². The largest absolute Gasteiger partial charge is 0.481 e. The number of carboxylic acid groups (broad SMARTS) is 1. The van der Waals surface area contributed by atoms with Crippen LogP contribution in [0, 0.1) is 5.92 Å². The first-order valence-corrected chi connectivity index (χ1v) is 3.76. The minimum Gasteiger partial charge on any atom is -0.481 e. The highest BCUT2D eigenvalue weighted by molar-refractivity contribution is 6.32. The molecule has 1 atom stereocenters. The highest BCUT2D eigenvalue weighted by atomic mass is 35.5. The molecule has 1 aliphatic rings. The zero-order valence-electron chi connectivity index (χ0n) is 6.17. The predicted molar refractivity (Wildman–Crippen MR) is 43.4 cm³/mol. The van der Waals surface area contributed by atoms with Crippen molar-refractivity contribution in [1.29, 1.82) is 0 Å². The van der Waals surface area contributed by atoms with Crippen molar-refractivity contribution in [1.82, 2.24) is 0 Å². The monoisotopic (exact) mass is 172 g/mol. The van der Waals surface area contributed by atoms with E-state index in [1.165, 1.54) is 0 Å². The lowest BCUT2D eigenvalue weighted by atomic mass is 9.97. The van der Waals surface area contributed by atoms with Crippen LogP contribution in [0.5, 0.6) is 0 Å². The third-order valence-corrected chi connectivity index (χ3v) is 2.14. The maximum Gasteiger partial charge on any atom is 0.310 e. The molecule has 0 amide bonds. The molecule has 0 heterocycles. The molecule has 1 aliphatic carbocycles. The van der Waals surface area contributed by atoms with Crippen LogP contribution in [0.4, 0.5) is 0 Å². The standard InChI is InChI=1S/C8H9ClO2/c1-5-2-3-6(8(10)11)4-7(5)9/h2,4,6H,3H2,1H3,(H,10,11). The first-order chi connectivity index (χ1) is 5.11. The Morgan fingerprint density at radius 1 is 1.82 bits per heavy atom. The lowest BCUT2D eigenvalue weighted by molar-refractivity contribution is -0.139. The van der Waals surface area contributed by atoms with Gasteiger partial charge in [-0.05, 0) is 18.9 Å². The highest BCUT2D eigenvalue weighted by Gasteiger charge is 2.17. The van der Waals surface area contributed by atoms with Crippen molar-refractivity contribution in [3.05, 3.63) is 22.8 Å². The lowest BCUT2D eigenvalue weighted by Crippen LogP contribution is -2.12. The van der Waals surface area contributed by atoms with E-state index in [1.54, 1.807) is 6.08 Å². The molecule has 0 saturated carbocycles. The number of allylic oxidation sites excluding steroid dienone is 3. The van der Waals surface area contributed by atoms with E-state index in [9.17, 15) is 4.79 Å². The molecular weight excluding hydrogens is 164 g/mol. The van der Waals surface area contributed by atoms with Crippen LogP contribution in [0.3, 0.4) is 0 Å². The summed E-state index contributed by atoms with van der Waals surface area (Å²) in [5.74, 6) is -1.25. The number of carboxylic acids is 1. The Morgan fingerprint density at radius 3 is 2.91 bits per heavy atom. The Morgan fingerprint density at radius 2 is 2.45 bits per heavy atom. The Bertz CT molecular complexity index is 240. The van der Waals surface area contributed by atoms with Crippen LogP contribution in [-0.4, -0.2) is 11.1 Å². The molecule has 11 heavy (non-hydrogen) atoms. The summed E-state index contributed by atoms with van der Waals surface area (Å²) in [6.07, 6.45) is 3.98. The molecule has 2 nitrogen and oxygen atoms in total. The van der Waals surface area contributed by atoms with Gasteiger partial charge in [0, 0.05) is 5.03 Å². The Kier molecular flexibility index (Phi) is 2.35. The maximum atomic E-state index is 10.5. The molecule has 0 aromatic carbocycles. The number of carbonyl (C=O) groups is 1. The zero-order chi connectivity index (χ0) is 8.43. The van der Waals surface area contributed by atoms with Gasteiger partial charge in [-0.15, -0.1) is 0 Å². The fourth-order valence-electron chi connectivity index (χ4n) is 0.949. The van der Waals surface area contributed by atoms with Crippen LogP contribution < -0.4 is 0 Å². The van der Waals surface area contributed by atoms with Gasteiger partial charge in [0.25, 0.3) is 0 Å². The van der Waals surface area contributed by atoms with Crippen molar-refractivity contribution in [2.45, 2.75) is 13.3 Å². The van der Waals surface area contributed by atoms with Gasteiger partial charge in [-0.1, -0.05) is 23.8 Å². The second kappa shape index (κ2) is 3.09. The van der Waals surface area contributed by atoms with E-state index in [0.717, 1.165) is 5.57 Å². The first-order valence-electron chi connectivity index (χ1n) is 3.38. The number of hydrogen-bond donors (Lipinski definition) is 1. The van der Waals surface area contributed by atoms with Gasteiger partial charge < -0.3 is 5.11 Å². The molecule has 1 unspecified atom stereocenters. The van der Waals surface area contributed by atoms with Gasteiger partial charge in [0.2, 0.25) is 0 Å². The Balaban J connectivity index is 2.77. The molecule has 0 fully saturated rings. The van der Waals surface area contributed by atoms with Gasteiger partial charge in [-0.25, -0.2) is 0 Å². The van der Waals surface area contributed by atoms with E-state index >= 15 is 0 Å². The van der Waals surface area contributed by atoms with Crippen LogP contribution in [-0.2, 0) is 4.79 Å². The van der Waals surface area contributed by atoms with E-state index in [0.29, 0.717) is 11.5 Å². The van der Waals surface area contributed by atoms with E-state index in [-0.39, 0.29) is 0 Å². The number of halogens is 1. The molecule has 1 rings (SSSR count). The summed E-state index contributed by atoms with van der Waals surface area (Å²) >= 11 is 5.74. The van der Waals surface area contributed by atoms with Gasteiger partial charge in [0.1, 0.15) is 0 Å². The normalized spacial score (nSPS) is 24.0. The summed E-state index contributed by atoms with van der Waals surface area (Å²) in [4.78, 5) is 10.5. The van der Waals surface area contributed by atoms with Gasteiger partial charge in [-0.2, -0.15) is 0 Å². The third-order valence-electron chi connectivity index (χ3n) is 1.72. The molecule has 60 valence electrons. The quantitative estimate of drug-likeness (QED) is 0.658. The van der Waals surface area contributed by atoms with Crippen LogP contribution in [0.2, 0.25) is 0 Å². The summed E-state index contributed by atoms with van der Waals surface area (Å²) in [5.41, 5.74) is 0.962. The SMILES string of the molecule is CC1=CCC(C(=O)O)C=C1Cl. The van der Waals surface area contributed by atoms with E-state index in [2.05, 4.69) is 0 Å². The molecule has 0 saturated heterocycles. The maximum absolute atomic E-state index is 10.5. The van der Waals surface area contributed by atoms with Crippen molar-refractivity contribution >= 4 is 17.6 Å². The Hall–Kier alpha value is -0.760. The van der Waals surface area contributed by atoms with E-state index in [4.69, 9.17) is 16.7 Å². The smallest absolute Gasteiger partial charge is 0.310 e. The zero-order valence-corrected chi connectivity index (χ0v) is 6.93. The highest BCUT2D eigenvalue weighted by Crippen LogP contribution is 2.25. The first kappa shape index (κ1) is 8.34. The number of hydrogen-bond acceptors (Lipinski definition) is 1. The molecule has 0 aromatic rings. The van der Waals surface area contributed by atoms with Gasteiger partial charge in [-0.3, -0.25) is 4.79 Å². The molecular formula is C8H9ClO2. The number of aliphatic carboxylic acids is 1. The summed E-state index contributed by atoms with van der Waals surface area (Å²) in [7, 11) is 0. The van der Waals surface area contributed by atoms with Gasteiger partial charge in [0.05, 0.1) is 5.92 Å². The second-order valence-corrected chi connectivity index (χ2v) is 2.99. The van der Waals surface area contributed by atoms with E-state index in [1.807, 2.05) is 13.0 Å². The van der Waals surface area contributed by atoms with Crippen molar-refractivity contribution in [3.63, 3.8) is 0 Å². The number of rotatable bonds is 1.